The number of hydrogen-bond acceptors (Lipinski definition) is 4. The third kappa shape index (κ3) is 12.2. The first-order valence-corrected chi connectivity index (χ1v) is 16.2. The van der Waals surface area contributed by atoms with E-state index < -0.39 is 34.6 Å². The predicted molar refractivity (Wildman–Crippen MR) is 172 cm³/mol. The Morgan fingerprint density at radius 3 is 1.47 bits per heavy atom. The van der Waals surface area contributed by atoms with Crippen molar-refractivity contribution in [3.05, 3.63) is 82.9 Å². The molecule has 0 spiro atoms. The fourth-order valence-corrected chi connectivity index (χ4v) is 4.62. The minimum absolute atomic E-state index is 0.0351. The molecule has 0 aromatic heterocycles. The number of nitrogens with zero attached hydrogens (tertiary/aromatic N) is 2. The minimum atomic E-state index is -1.59. The Balaban J connectivity index is 1.51. The van der Waals surface area contributed by atoms with Gasteiger partial charge in [-0.25, -0.2) is 8.78 Å². The van der Waals surface area contributed by atoms with E-state index in [0.29, 0.717) is 30.0 Å². The maximum atomic E-state index is 14.6. The third-order valence-corrected chi connectivity index (χ3v) is 7.30. The van der Waals surface area contributed by atoms with E-state index in [9.17, 15) is 17.6 Å². The maximum Gasteiger partial charge on any atom is 0.205 e. The maximum absolute atomic E-state index is 14.6. The zero-order valence-electron chi connectivity index (χ0n) is 26.4. The Labute approximate surface area is 265 Å². The highest BCUT2D eigenvalue weighted by Crippen LogP contribution is 2.30. The molecule has 8 heteroatoms. The summed E-state index contributed by atoms with van der Waals surface area (Å²) < 4.78 is 69.1. The fraction of sp³-hybridized carbons (Fsp3) is 0.459. The van der Waals surface area contributed by atoms with Crippen LogP contribution in [-0.4, -0.2) is 13.2 Å². The Morgan fingerprint density at radius 2 is 0.956 bits per heavy atom. The van der Waals surface area contributed by atoms with Crippen LogP contribution in [0.5, 0.6) is 11.5 Å². The normalized spacial score (nSPS) is 11.1. The van der Waals surface area contributed by atoms with Gasteiger partial charge in [-0.2, -0.15) is 19.0 Å². The van der Waals surface area contributed by atoms with E-state index in [1.165, 1.54) is 38.5 Å². The van der Waals surface area contributed by atoms with Crippen LogP contribution in [0, 0.1) is 35.1 Å². The average Bonchev–Trinajstić information content (AvgIpc) is 3.06. The highest BCUT2D eigenvalue weighted by molar-refractivity contribution is 5.50. The molecular weight excluding hydrogens is 580 g/mol. The van der Waals surface area contributed by atoms with Gasteiger partial charge in [-0.15, -0.1) is 0 Å². The second-order valence-corrected chi connectivity index (χ2v) is 11.0. The number of halogens is 4. The topological polar surface area (TPSA) is 43.2 Å². The monoisotopic (exact) mass is 624 g/mol. The number of azo groups is 1. The summed E-state index contributed by atoms with van der Waals surface area (Å²) in [5, 5.41) is 8.41. The summed E-state index contributed by atoms with van der Waals surface area (Å²) in [6, 6.07) is 13.7. The Kier molecular flexibility index (Phi) is 16.0. The van der Waals surface area contributed by atoms with Gasteiger partial charge >= 0.3 is 0 Å². The molecule has 242 valence electrons. The van der Waals surface area contributed by atoms with Crippen molar-refractivity contribution in [1.82, 2.24) is 0 Å². The molecule has 0 atom stereocenters. The summed E-state index contributed by atoms with van der Waals surface area (Å²) in [6.45, 7) is 4.97. The summed E-state index contributed by atoms with van der Waals surface area (Å²) in [6.07, 6.45) is 14.2. The minimum Gasteiger partial charge on any atom is -0.494 e. The lowest BCUT2D eigenvalue weighted by molar-refractivity contribution is 0.263. The molecule has 0 fully saturated rings. The lowest BCUT2D eigenvalue weighted by Crippen LogP contribution is -2.08. The van der Waals surface area contributed by atoms with E-state index in [-0.39, 0.29) is 6.61 Å². The second-order valence-electron chi connectivity index (χ2n) is 11.0. The van der Waals surface area contributed by atoms with Crippen molar-refractivity contribution in [2.24, 2.45) is 10.2 Å². The summed E-state index contributed by atoms with van der Waals surface area (Å²) in [7, 11) is 0. The van der Waals surface area contributed by atoms with E-state index in [2.05, 4.69) is 35.9 Å². The molecule has 3 rings (SSSR count). The molecule has 0 aliphatic carbocycles. The molecule has 0 amide bonds. The van der Waals surface area contributed by atoms with E-state index in [1.54, 1.807) is 24.3 Å². The first-order valence-electron chi connectivity index (χ1n) is 16.2. The molecule has 3 aromatic rings. The van der Waals surface area contributed by atoms with Gasteiger partial charge in [-0.1, -0.05) is 96.3 Å². The van der Waals surface area contributed by atoms with Crippen molar-refractivity contribution in [2.45, 2.75) is 97.3 Å². The molecule has 0 saturated heterocycles. The second kappa shape index (κ2) is 20.2. The Bertz CT molecular complexity index is 1370. The van der Waals surface area contributed by atoms with Crippen LogP contribution in [0.4, 0.5) is 28.9 Å². The van der Waals surface area contributed by atoms with Crippen molar-refractivity contribution < 1.29 is 27.0 Å². The summed E-state index contributed by atoms with van der Waals surface area (Å²) in [5.74, 6) is -1.86. The molecule has 0 heterocycles. The zero-order valence-corrected chi connectivity index (χ0v) is 26.4. The van der Waals surface area contributed by atoms with Crippen molar-refractivity contribution in [3.63, 3.8) is 0 Å². The molecule has 3 aromatic carbocycles. The molecule has 4 nitrogen and oxygen atoms in total. The SMILES string of the molecule is CCCCCCCCCOc1ccc(N=Nc2ccc(C#Cc3c(F)c(F)c(OCCCCCCCC)c(F)c3F)cc2)cc1. The summed E-state index contributed by atoms with van der Waals surface area (Å²) in [5.41, 5.74) is 0.563. The molecule has 0 aliphatic heterocycles. The average molecular weight is 625 g/mol. The summed E-state index contributed by atoms with van der Waals surface area (Å²) in [4.78, 5) is 0. The van der Waals surface area contributed by atoms with Gasteiger partial charge in [0.2, 0.25) is 11.6 Å². The highest BCUT2D eigenvalue weighted by atomic mass is 19.2. The van der Waals surface area contributed by atoms with Crippen LogP contribution in [0.3, 0.4) is 0 Å². The van der Waals surface area contributed by atoms with Gasteiger partial charge in [-0.3, -0.25) is 0 Å². The van der Waals surface area contributed by atoms with Gasteiger partial charge in [0.1, 0.15) is 11.3 Å². The van der Waals surface area contributed by atoms with Gasteiger partial charge in [-0.05, 0) is 61.4 Å². The zero-order chi connectivity index (χ0) is 32.3. The third-order valence-electron chi connectivity index (χ3n) is 7.30. The molecule has 0 unspecified atom stereocenters. The quantitative estimate of drug-likeness (QED) is 0.0438. The van der Waals surface area contributed by atoms with Crippen LogP contribution in [0.25, 0.3) is 0 Å². The van der Waals surface area contributed by atoms with E-state index >= 15 is 0 Å². The molecule has 45 heavy (non-hydrogen) atoms. The van der Waals surface area contributed by atoms with Crippen LogP contribution in [-0.2, 0) is 0 Å². The number of unbranched alkanes of at least 4 members (excludes halogenated alkanes) is 11. The Hall–Kier alpha value is -3.86. The van der Waals surface area contributed by atoms with Crippen LogP contribution < -0.4 is 9.47 Å². The molecule has 0 N–H and O–H groups in total. The fourth-order valence-electron chi connectivity index (χ4n) is 4.62. The van der Waals surface area contributed by atoms with E-state index in [0.717, 1.165) is 44.3 Å². The summed E-state index contributed by atoms with van der Waals surface area (Å²) >= 11 is 0. The van der Waals surface area contributed by atoms with Gasteiger partial charge in [0.15, 0.2) is 17.4 Å². The van der Waals surface area contributed by atoms with Gasteiger partial charge in [0.05, 0.1) is 24.6 Å². The lowest BCUT2D eigenvalue weighted by Gasteiger charge is -2.11. The molecular formula is C37H44F4N2O2. The predicted octanol–water partition coefficient (Wildman–Crippen LogP) is 11.9. The van der Waals surface area contributed by atoms with Crippen LogP contribution in [0.1, 0.15) is 108 Å². The highest BCUT2D eigenvalue weighted by Gasteiger charge is 2.26. The van der Waals surface area contributed by atoms with Crippen LogP contribution in [0.2, 0.25) is 0 Å². The van der Waals surface area contributed by atoms with Gasteiger partial charge < -0.3 is 9.47 Å². The van der Waals surface area contributed by atoms with Crippen LogP contribution >= 0.6 is 0 Å². The Morgan fingerprint density at radius 1 is 0.511 bits per heavy atom. The molecule has 0 radical (unpaired) electrons. The first-order chi connectivity index (χ1) is 21.9. The van der Waals surface area contributed by atoms with Crippen LogP contribution in [0.15, 0.2) is 58.8 Å². The van der Waals surface area contributed by atoms with Crippen molar-refractivity contribution >= 4 is 11.4 Å². The van der Waals surface area contributed by atoms with E-state index in [4.69, 9.17) is 9.47 Å². The number of benzene rings is 3. The molecule has 0 saturated carbocycles. The standard InChI is InChI=1S/C37H44F4N2O2/c1-3-5-7-9-11-13-14-26-44-31-23-21-30(22-24-31)43-42-29-19-16-28(17-20-29)18-25-32-33(38)35(40)37(36(41)34(32)39)45-27-15-12-10-8-6-4-2/h16-17,19-24H,3-15,26-27H2,1-2H3. The molecule has 0 aliphatic rings. The number of hydrogen-bond donors (Lipinski definition) is 0. The molecule has 0 bridgehead atoms. The van der Waals surface area contributed by atoms with E-state index in [1.807, 2.05) is 24.3 Å². The smallest absolute Gasteiger partial charge is 0.205 e. The van der Waals surface area contributed by atoms with Crippen molar-refractivity contribution in [3.8, 4) is 23.3 Å². The van der Waals surface area contributed by atoms with Crippen molar-refractivity contribution in [2.75, 3.05) is 13.2 Å². The number of ether oxygens (including phenoxy) is 2. The largest absolute Gasteiger partial charge is 0.494 e. The lowest BCUT2D eigenvalue weighted by atomic mass is 10.1. The van der Waals surface area contributed by atoms with Gasteiger partial charge in [0.25, 0.3) is 0 Å². The van der Waals surface area contributed by atoms with Crippen molar-refractivity contribution in [1.29, 1.82) is 0 Å². The number of rotatable bonds is 19. The first kappa shape index (κ1) is 35.6. The van der Waals surface area contributed by atoms with Gasteiger partial charge in [0, 0.05) is 5.56 Å².